The third-order valence-corrected chi connectivity index (χ3v) is 6.57. The second-order valence-electron chi connectivity index (χ2n) is 7.03. The molecular formula is C21H21N3O2S2. The minimum atomic E-state index is -0.263. The number of benzene rings is 2. The van der Waals surface area contributed by atoms with Crippen molar-refractivity contribution in [3.63, 3.8) is 0 Å². The van der Waals surface area contributed by atoms with Crippen molar-refractivity contribution in [1.29, 1.82) is 0 Å². The van der Waals surface area contributed by atoms with Crippen molar-refractivity contribution >= 4 is 55.9 Å². The highest BCUT2D eigenvalue weighted by Crippen LogP contribution is 2.31. The third-order valence-electron chi connectivity index (χ3n) is 4.53. The molecule has 1 aliphatic carbocycles. The van der Waals surface area contributed by atoms with Gasteiger partial charge in [-0.2, -0.15) is 0 Å². The minimum absolute atomic E-state index is 0.0770. The molecule has 0 radical (unpaired) electrons. The maximum Gasteiger partial charge on any atom is 0.239 e. The molecule has 1 fully saturated rings. The minimum Gasteiger partial charge on any atom is -0.326 e. The molecule has 144 valence electrons. The molecule has 7 heteroatoms. The molecule has 2 amide bonds. The van der Waals surface area contributed by atoms with E-state index in [9.17, 15) is 9.59 Å². The van der Waals surface area contributed by atoms with E-state index in [1.807, 2.05) is 50.2 Å². The van der Waals surface area contributed by atoms with E-state index in [0.717, 1.165) is 33.6 Å². The van der Waals surface area contributed by atoms with Crippen LogP contribution in [-0.2, 0) is 9.59 Å². The monoisotopic (exact) mass is 411 g/mol. The van der Waals surface area contributed by atoms with Gasteiger partial charge >= 0.3 is 0 Å². The topological polar surface area (TPSA) is 71.1 Å². The summed E-state index contributed by atoms with van der Waals surface area (Å²) in [4.78, 5) is 29.8. The van der Waals surface area contributed by atoms with Crippen LogP contribution in [0, 0.1) is 12.8 Å². The zero-order valence-electron chi connectivity index (χ0n) is 15.7. The van der Waals surface area contributed by atoms with Crippen molar-refractivity contribution in [2.45, 2.75) is 36.8 Å². The molecule has 0 bridgehead atoms. The number of hydrogen-bond donors (Lipinski definition) is 2. The Morgan fingerprint density at radius 3 is 2.61 bits per heavy atom. The fraction of sp³-hybridized carbons (Fsp3) is 0.286. The molecule has 1 atom stereocenters. The first-order valence-corrected chi connectivity index (χ1v) is 10.9. The van der Waals surface area contributed by atoms with Crippen LogP contribution in [0.2, 0.25) is 0 Å². The highest BCUT2D eigenvalue weighted by atomic mass is 32.2. The van der Waals surface area contributed by atoms with E-state index in [2.05, 4.69) is 21.7 Å². The first-order valence-electron chi connectivity index (χ1n) is 9.23. The highest BCUT2D eigenvalue weighted by molar-refractivity contribution is 8.00. The van der Waals surface area contributed by atoms with Gasteiger partial charge in [0.15, 0.2) is 5.13 Å². The van der Waals surface area contributed by atoms with E-state index >= 15 is 0 Å². The lowest BCUT2D eigenvalue weighted by atomic mass is 10.2. The standard InChI is InChI=1S/C21H21N3O2S2/c1-12-3-10-17-18(11-12)28-21(23-17)24-19(25)13(2)27-16-8-6-15(7-9-16)22-20(26)14-4-5-14/h3,6-11,13-14H,4-5H2,1-2H3,(H,22,26)(H,23,24,25). The average Bonchev–Trinajstić information content (AvgIpc) is 3.44. The molecule has 0 saturated heterocycles. The van der Waals surface area contributed by atoms with Crippen molar-refractivity contribution in [3.8, 4) is 0 Å². The van der Waals surface area contributed by atoms with Crippen LogP contribution in [0.5, 0.6) is 0 Å². The largest absolute Gasteiger partial charge is 0.326 e. The van der Waals surface area contributed by atoms with Crippen LogP contribution in [0.1, 0.15) is 25.3 Å². The molecule has 3 aromatic rings. The second-order valence-corrected chi connectivity index (χ2v) is 9.47. The van der Waals surface area contributed by atoms with Gasteiger partial charge in [-0.25, -0.2) is 4.98 Å². The van der Waals surface area contributed by atoms with E-state index in [1.165, 1.54) is 28.7 Å². The number of thioether (sulfide) groups is 1. The Kier molecular flexibility index (Phi) is 5.37. The smallest absolute Gasteiger partial charge is 0.239 e. The number of thiazole rings is 1. The second kappa shape index (κ2) is 7.93. The van der Waals surface area contributed by atoms with Gasteiger partial charge in [-0.05, 0) is 68.7 Å². The molecule has 2 aromatic carbocycles. The summed E-state index contributed by atoms with van der Waals surface area (Å²) in [5.41, 5.74) is 2.87. The van der Waals surface area contributed by atoms with Gasteiger partial charge in [-0.3, -0.25) is 9.59 Å². The van der Waals surface area contributed by atoms with Crippen molar-refractivity contribution < 1.29 is 9.59 Å². The maximum absolute atomic E-state index is 12.5. The van der Waals surface area contributed by atoms with Crippen LogP contribution in [0.4, 0.5) is 10.8 Å². The fourth-order valence-corrected chi connectivity index (χ4v) is 4.59. The van der Waals surface area contributed by atoms with Gasteiger partial charge in [0.2, 0.25) is 11.8 Å². The molecule has 5 nitrogen and oxygen atoms in total. The highest BCUT2D eigenvalue weighted by Gasteiger charge is 2.29. The van der Waals surface area contributed by atoms with Crippen molar-refractivity contribution in [3.05, 3.63) is 48.0 Å². The summed E-state index contributed by atoms with van der Waals surface area (Å²) in [5.74, 6) is 0.204. The van der Waals surface area contributed by atoms with Crippen LogP contribution in [0.15, 0.2) is 47.4 Å². The van der Waals surface area contributed by atoms with Crippen LogP contribution in [0.3, 0.4) is 0 Å². The number of hydrogen-bond acceptors (Lipinski definition) is 5. The SMILES string of the molecule is Cc1ccc2nc(NC(=O)C(C)Sc3ccc(NC(=O)C4CC4)cc3)sc2c1. The zero-order chi connectivity index (χ0) is 19.7. The van der Waals surface area contributed by atoms with Gasteiger partial charge in [-0.1, -0.05) is 17.4 Å². The molecule has 2 N–H and O–H groups in total. The predicted octanol–water partition coefficient (Wildman–Crippen LogP) is 5.07. The number of nitrogens with zero attached hydrogens (tertiary/aromatic N) is 1. The van der Waals surface area contributed by atoms with Crippen LogP contribution in [-0.4, -0.2) is 22.0 Å². The van der Waals surface area contributed by atoms with Gasteiger partial charge in [0, 0.05) is 16.5 Å². The Morgan fingerprint density at radius 2 is 1.89 bits per heavy atom. The number of nitrogens with one attached hydrogen (secondary N) is 2. The number of fused-ring (bicyclic) bond motifs is 1. The molecule has 1 aliphatic rings. The number of rotatable bonds is 6. The summed E-state index contributed by atoms with van der Waals surface area (Å²) in [5, 5.41) is 6.20. The Labute approximate surface area is 171 Å². The van der Waals surface area contributed by atoms with Crippen molar-refractivity contribution in [2.24, 2.45) is 5.92 Å². The Bertz CT molecular complexity index is 1030. The average molecular weight is 412 g/mol. The summed E-state index contributed by atoms with van der Waals surface area (Å²) < 4.78 is 1.07. The molecule has 4 rings (SSSR count). The van der Waals surface area contributed by atoms with E-state index < -0.39 is 0 Å². The van der Waals surface area contributed by atoms with Gasteiger partial charge in [0.25, 0.3) is 0 Å². The molecule has 28 heavy (non-hydrogen) atoms. The molecule has 0 aliphatic heterocycles. The molecular weight excluding hydrogens is 390 g/mol. The Morgan fingerprint density at radius 1 is 1.14 bits per heavy atom. The quantitative estimate of drug-likeness (QED) is 0.556. The number of carbonyl (C=O) groups excluding carboxylic acids is 2. The van der Waals surface area contributed by atoms with E-state index in [4.69, 9.17) is 0 Å². The molecule has 1 saturated carbocycles. The summed E-state index contributed by atoms with van der Waals surface area (Å²) >= 11 is 2.96. The Balaban J connectivity index is 1.34. The van der Waals surface area contributed by atoms with Gasteiger partial charge in [0.1, 0.15) is 0 Å². The summed E-state index contributed by atoms with van der Waals surface area (Å²) in [7, 11) is 0. The summed E-state index contributed by atoms with van der Waals surface area (Å²) in [6.07, 6.45) is 1.97. The first kappa shape index (κ1) is 19.0. The lowest BCUT2D eigenvalue weighted by molar-refractivity contribution is -0.117. The fourth-order valence-electron chi connectivity index (χ4n) is 2.76. The normalized spacial score (nSPS) is 14.6. The van der Waals surface area contributed by atoms with Crippen LogP contribution < -0.4 is 10.6 Å². The van der Waals surface area contributed by atoms with E-state index in [0.29, 0.717) is 5.13 Å². The first-order chi connectivity index (χ1) is 13.5. The van der Waals surface area contributed by atoms with Gasteiger partial charge < -0.3 is 10.6 Å². The van der Waals surface area contributed by atoms with Crippen LogP contribution >= 0.6 is 23.1 Å². The summed E-state index contributed by atoms with van der Waals surface area (Å²) in [6, 6.07) is 13.7. The van der Waals surface area contributed by atoms with Gasteiger partial charge in [0.05, 0.1) is 15.5 Å². The number of aromatic nitrogens is 1. The lowest BCUT2D eigenvalue weighted by Gasteiger charge is -2.11. The molecule has 1 heterocycles. The predicted molar refractivity (Wildman–Crippen MR) is 116 cm³/mol. The van der Waals surface area contributed by atoms with Crippen molar-refractivity contribution in [2.75, 3.05) is 10.6 Å². The molecule has 1 aromatic heterocycles. The Hall–Kier alpha value is -2.38. The molecule has 0 spiro atoms. The molecule has 1 unspecified atom stereocenters. The lowest BCUT2D eigenvalue weighted by Crippen LogP contribution is -2.22. The number of aryl methyl sites for hydroxylation is 1. The van der Waals surface area contributed by atoms with Gasteiger partial charge in [-0.15, -0.1) is 11.8 Å². The number of carbonyl (C=O) groups is 2. The third kappa shape index (κ3) is 4.54. The zero-order valence-corrected chi connectivity index (χ0v) is 17.3. The van der Waals surface area contributed by atoms with Crippen molar-refractivity contribution in [1.82, 2.24) is 4.98 Å². The van der Waals surface area contributed by atoms with Crippen LogP contribution in [0.25, 0.3) is 10.2 Å². The number of amides is 2. The summed E-state index contributed by atoms with van der Waals surface area (Å²) in [6.45, 7) is 3.92. The van der Waals surface area contributed by atoms with E-state index in [-0.39, 0.29) is 23.0 Å². The number of anilines is 2. The maximum atomic E-state index is 12.5. The van der Waals surface area contributed by atoms with E-state index in [1.54, 1.807) is 0 Å².